The Hall–Kier alpha value is -1.38. The second kappa shape index (κ2) is 4.38. The van der Waals surface area contributed by atoms with Crippen molar-refractivity contribution in [2.45, 2.75) is 27.2 Å². The second-order valence-electron chi connectivity index (χ2n) is 5.71. The third-order valence-corrected chi connectivity index (χ3v) is 4.40. The number of ether oxygens (including phenoxy) is 1. The third-order valence-electron chi connectivity index (χ3n) is 4.40. The van der Waals surface area contributed by atoms with Gasteiger partial charge in [-0.05, 0) is 18.3 Å². The van der Waals surface area contributed by atoms with Crippen LogP contribution in [0.4, 0.5) is 0 Å². The first-order valence-corrected chi connectivity index (χ1v) is 6.44. The number of methoxy groups -OCH3 is 1. The van der Waals surface area contributed by atoms with Crippen molar-refractivity contribution < 1.29 is 14.3 Å². The molecule has 2 aliphatic rings. The van der Waals surface area contributed by atoms with Crippen molar-refractivity contribution in [2.75, 3.05) is 7.11 Å². The molecule has 3 atom stereocenters. The van der Waals surface area contributed by atoms with Gasteiger partial charge >= 0.3 is 0 Å². The van der Waals surface area contributed by atoms with E-state index in [2.05, 4.69) is 19.9 Å². The highest BCUT2D eigenvalue weighted by Gasteiger charge is 2.54. The first kappa shape index (κ1) is 13.1. The Balaban J connectivity index is 2.54. The van der Waals surface area contributed by atoms with Crippen LogP contribution < -0.4 is 0 Å². The highest BCUT2D eigenvalue weighted by Crippen LogP contribution is 2.50. The lowest BCUT2D eigenvalue weighted by molar-refractivity contribution is -0.143. The van der Waals surface area contributed by atoms with Crippen LogP contribution in [0.15, 0.2) is 24.0 Å². The number of carbonyl (C=O) groups excluding carboxylic acids is 2. The van der Waals surface area contributed by atoms with E-state index in [1.54, 1.807) is 0 Å². The Bertz CT molecular complexity index is 445. The molecule has 0 saturated heterocycles. The quantitative estimate of drug-likeness (QED) is 0.705. The minimum Gasteiger partial charge on any atom is -0.493 e. The van der Waals surface area contributed by atoms with Gasteiger partial charge in [-0.25, -0.2) is 0 Å². The number of Topliss-reactive ketones (excluding diaryl/α,β-unsaturated/α-hetero) is 1. The van der Waals surface area contributed by atoms with Gasteiger partial charge in [0.1, 0.15) is 0 Å². The summed E-state index contributed by atoms with van der Waals surface area (Å²) in [5, 5.41) is 0. The normalized spacial score (nSPS) is 35.5. The van der Waals surface area contributed by atoms with E-state index in [4.69, 9.17) is 4.74 Å². The topological polar surface area (TPSA) is 43.4 Å². The van der Waals surface area contributed by atoms with Crippen LogP contribution in [-0.2, 0) is 14.3 Å². The molecule has 0 aromatic heterocycles. The van der Waals surface area contributed by atoms with Gasteiger partial charge in [-0.1, -0.05) is 32.9 Å². The average Bonchev–Trinajstić information content (AvgIpc) is 2.33. The smallest absolute Gasteiger partial charge is 0.204 e. The number of fused-ring (bicyclic) bond motifs is 1. The van der Waals surface area contributed by atoms with Crippen LogP contribution in [-0.4, -0.2) is 18.7 Å². The molecule has 0 radical (unpaired) electrons. The van der Waals surface area contributed by atoms with Crippen molar-refractivity contribution in [3.8, 4) is 0 Å². The molecule has 0 N–H and O–H groups in total. The predicted molar refractivity (Wildman–Crippen MR) is 68.8 cm³/mol. The Labute approximate surface area is 108 Å². The molecule has 0 spiro atoms. The highest BCUT2D eigenvalue weighted by molar-refractivity contribution is 6.11. The number of carbonyl (C=O) groups is 2. The number of hydrogen-bond donors (Lipinski definition) is 0. The number of rotatable bonds is 2. The summed E-state index contributed by atoms with van der Waals surface area (Å²) < 4.78 is 5.08. The molecule has 0 aromatic carbocycles. The Morgan fingerprint density at radius 1 is 1.39 bits per heavy atom. The van der Waals surface area contributed by atoms with Gasteiger partial charge in [0.15, 0.2) is 11.5 Å². The molecule has 2 aliphatic carbocycles. The van der Waals surface area contributed by atoms with Crippen LogP contribution in [0.5, 0.6) is 0 Å². The van der Waals surface area contributed by atoms with E-state index in [1.165, 1.54) is 13.2 Å². The van der Waals surface area contributed by atoms with Crippen molar-refractivity contribution in [2.24, 2.45) is 23.2 Å². The van der Waals surface area contributed by atoms with E-state index >= 15 is 0 Å². The van der Waals surface area contributed by atoms with Gasteiger partial charge in [0.2, 0.25) is 5.78 Å². The maximum atomic E-state index is 12.6. The van der Waals surface area contributed by atoms with Gasteiger partial charge in [0.05, 0.1) is 12.5 Å². The first-order chi connectivity index (χ1) is 8.42. The molecule has 2 rings (SSSR count). The van der Waals surface area contributed by atoms with Crippen LogP contribution in [0.1, 0.15) is 27.2 Å². The molecule has 0 aliphatic heterocycles. The van der Waals surface area contributed by atoms with E-state index in [0.717, 1.165) is 0 Å². The van der Waals surface area contributed by atoms with E-state index < -0.39 is 5.41 Å². The summed E-state index contributed by atoms with van der Waals surface area (Å²) in [7, 11) is 1.45. The fourth-order valence-electron chi connectivity index (χ4n) is 3.39. The van der Waals surface area contributed by atoms with E-state index in [1.807, 2.05) is 13.0 Å². The summed E-state index contributed by atoms with van der Waals surface area (Å²) in [5.41, 5.74) is -0.653. The minimum absolute atomic E-state index is 0.0175. The molecule has 0 unspecified atom stereocenters. The zero-order chi connectivity index (χ0) is 13.5. The van der Waals surface area contributed by atoms with E-state index in [0.29, 0.717) is 12.3 Å². The van der Waals surface area contributed by atoms with Crippen molar-refractivity contribution in [1.29, 1.82) is 0 Å². The van der Waals surface area contributed by atoms with Crippen molar-refractivity contribution >= 4 is 11.6 Å². The lowest BCUT2D eigenvalue weighted by Crippen LogP contribution is -2.51. The van der Waals surface area contributed by atoms with Gasteiger partial charge in [0.25, 0.3) is 0 Å². The van der Waals surface area contributed by atoms with Crippen LogP contribution in [0.2, 0.25) is 0 Å². The average molecular weight is 248 g/mol. The number of allylic oxidation sites excluding steroid dienone is 4. The molecule has 0 bridgehead atoms. The second-order valence-corrected chi connectivity index (χ2v) is 5.71. The maximum absolute atomic E-state index is 12.6. The van der Waals surface area contributed by atoms with Gasteiger partial charge in [0, 0.05) is 12.0 Å². The molecule has 0 aromatic rings. The lowest BCUT2D eigenvalue weighted by atomic mass is 9.55. The lowest BCUT2D eigenvalue weighted by Gasteiger charge is -2.46. The molecule has 98 valence electrons. The highest BCUT2D eigenvalue weighted by atomic mass is 16.5. The van der Waals surface area contributed by atoms with Crippen LogP contribution in [0.3, 0.4) is 0 Å². The fraction of sp³-hybridized carbons (Fsp3) is 0.600. The first-order valence-electron chi connectivity index (χ1n) is 6.44. The van der Waals surface area contributed by atoms with Crippen LogP contribution in [0.25, 0.3) is 0 Å². The predicted octanol–water partition coefficient (Wildman–Crippen LogP) is 2.52. The molecule has 3 nitrogen and oxygen atoms in total. The monoisotopic (exact) mass is 248 g/mol. The zero-order valence-corrected chi connectivity index (χ0v) is 11.4. The number of ketones is 2. The minimum atomic E-state index is -0.653. The third kappa shape index (κ3) is 1.64. The Morgan fingerprint density at radius 2 is 2.06 bits per heavy atom. The van der Waals surface area contributed by atoms with Crippen molar-refractivity contribution in [1.82, 2.24) is 0 Å². The molecular formula is C15H20O3. The molecule has 0 heterocycles. The molecule has 3 heteroatoms. The van der Waals surface area contributed by atoms with E-state index in [-0.39, 0.29) is 29.2 Å². The zero-order valence-electron chi connectivity index (χ0n) is 11.4. The van der Waals surface area contributed by atoms with Gasteiger partial charge in [-0.3, -0.25) is 9.59 Å². The summed E-state index contributed by atoms with van der Waals surface area (Å²) in [4.78, 5) is 24.8. The van der Waals surface area contributed by atoms with Crippen LogP contribution >= 0.6 is 0 Å². The molecule has 0 amide bonds. The fourth-order valence-corrected chi connectivity index (χ4v) is 3.39. The van der Waals surface area contributed by atoms with E-state index in [9.17, 15) is 9.59 Å². The number of hydrogen-bond acceptors (Lipinski definition) is 3. The van der Waals surface area contributed by atoms with Crippen molar-refractivity contribution in [3.05, 3.63) is 24.0 Å². The van der Waals surface area contributed by atoms with Crippen LogP contribution in [0, 0.1) is 23.2 Å². The summed E-state index contributed by atoms with van der Waals surface area (Å²) in [5.74, 6) is 0.371. The SMILES string of the molecule is COC1=CC(=O)[C@@H]2CC=C[C@H](C(C)C)[C@]2(C)C1=O. The largest absolute Gasteiger partial charge is 0.493 e. The maximum Gasteiger partial charge on any atom is 0.204 e. The van der Waals surface area contributed by atoms with Gasteiger partial charge in [-0.2, -0.15) is 0 Å². The molecule has 18 heavy (non-hydrogen) atoms. The summed E-state index contributed by atoms with van der Waals surface area (Å²) in [6.07, 6.45) is 6.14. The standard InChI is InChI=1S/C15H20O3/c1-9(2)10-6-5-7-11-12(16)8-13(18-4)14(17)15(10,11)3/h5-6,8-11H,7H2,1-4H3/t10-,11+,15+/m1/s1. The summed E-state index contributed by atoms with van der Waals surface area (Å²) in [6, 6.07) is 0. The molecule has 0 saturated carbocycles. The molecular weight excluding hydrogens is 228 g/mol. The van der Waals surface area contributed by atoms with Gasteiger partial charge in [-0.15, -0.1) is 0 Å². The molecule has 0 fully saturated rings. The Morgan fingerprint density at radius 3 is 2.61 bits per heavy atom. The summed E-state index contributed by atoms with van der Waals surface area (Å²) >= 11 is 0. The Kier molecular flexibility index (Phi) is 3.18. The van der Waals surface area contributed by atoms with Crippen molar-refractivity contribution in [3.63, 3.8) is 0 Å². The van der Waals surface area contributed by atoms with Gasteiger partial charge < -0.3 is 4.74 Å². The summed E-state index contributed by atoms with van der Waals surface area (Å²) in [6.45, 7) is 6.09.